The summed E-state index contributed by atoms with van der Waals surface area (Å²) >= 11 is 17.5. The molecular formula is C41H50Cl3NO19. The molecule has 5 unspecified atom stereocenters. The van der Waals surface area contributed by atoms with Crippen molar-refractivity contribution >= 4 is 70.9 Å². The summed E-state index contributed by atoms with van der Waals surface area (Å²) in [5.41, 5.74) is 0. The van der Waals surface area contributed by atoms with E-state index in [9.17, 15) is 28.8 Å². The molecule has 0 spiro atoms. The lowest BCUT2D eigenvalue weighted by atomic mass is 9.95. The van der Waals surface area contributed by atoms with Gasteiger partial charge in [-0.1, -0.05) is 66.3 Å². The van der Waals surface area contributed by atoms with Crippen molar-refractivity contribution in [2.45, 2.75) is 113 Å². The van der Waals surface area contributed by atoms with Gasteiger partial charge in [0.25, 0.3) is 0 Å². The highest BCUT2D eigenvalue weighted by molar-refractivity contribution is 6.67. The third kappa shape index (κ3) is 16.6. The highest BCUT2D eigenvalue weighted by atomic mass is 35.6. The molecule has 0 saturated carbocycles. The van der Waals surface area contributed by atoms with Crippen LogP contribution in [0, 0.1) is 0 Å². The van der Waals surface area contributed by atoms with E-state index in [1.165, 1.54) is 31.4 Å². The average Bonchev–Trinajstić information content (AvgIpc) is 3.22. The summed E-state index contributed by atoms with van der Waals surface area (Å²) in [7, 11) is 1.46. The van der Waals surface area contributed by atoms with Gasteiger partial charge in [-0.2, -0.15) is 0 Å². The van der Waals surface area contributed by atoms with E-state index < -0.39 is 114 Å². The van der Waals surface area contributed by atoms with E-state index in [0.29, 0.717) is 12.2 Å². The Morgan fingerprint density at radius 2 is 1.23 bits per heavy atom. The van der Waals surface area contributed by atoms with Crippen LogP contribution in [0.2, 0.25) is 0 Å². The summed E-state index contributed by atoms with van der Waals surface area (Å²) in [5.74, 6) is -2.75. The van der Waals surface area contributed by atoms with Crippen LogP contribution in [0.15, 0.2) is 54.6 Å². The second kappa shape index (κ2) is 25.0. The number of esters is 4. The number of rotatable bonds is 19. The number of halogens is 3. The number of alkyl halides is 3. The van der Waals surface area contributed by atoms with Gasteiger partial charge in [0, 0.05) is 34.3 Å². The van der Waals surface area contributed by atoms with Crippen LogP contribution in [-0.2, 0) is 66.5 Å². The van der Waals surface area contributed by atoms with Gasteiger partial charge in [0.1, 0.15) is 48.7 Å². The maximum atomic E-state index is 13.7. The lowest BCUT2D eigenvalue weighted by Crippen LogP contribution is -2.70. The first kappa shape index (κ1) is 51.8. The Balaban J connectivity index is 1.91. The number of para-hydroxylation sites is 1. The van der Waals surface area contributed by atoms with Crippen LogP contribution in [0.25, 0.3) is 0 Å². The fourth-order valence-corrected chi connectivity index (χ4v) is 6.49. The van der Waals surface area contributed by atoms with Crippen molar-refractivity contribution in [2.24, 2.45) is 0 Å². The van der Waals surface area contributed by atoms with Gasteiger partial charge in [0.15, 0.2) is 36.8 Å². The minimum absolute atomic E-state index is 0.0776. The molecule has 0 aliphatic carbocycles. The minimum atomic E-state index is -2.08. The summed E-state index contributed by atoms with van der Waals surface area (Å²) in [4.78, 5) is 77.2. The van der Waals surface area contributed by atoms with E-state index in [-0.39, 0.29) is 24.7 Å². The zero-order chi connectivity index (χ0) is 47.0. The summed E-state index contributed by atoms with van der Waals surface area (Å²) in [6.45, 7) is 4.89. The fourth-order valence-electron chi connectivity index (χ4n) is 6.33. The molecule has 20 nitrogen and oxygen atoms in total. The molecule has 0 bridgehead atoms. The molecule has 2 aromatic carbocycles. The molecule has 2 aliphatic heterocycles. The molecule has 2 heterocycles. The van der Waals surface area contributed by atoms with Crippen LogP contribution in [0.5, 0.6) is 17.2 Å². The van der Waals surface area contributed by atoms with Gasteiger partial charge >= 0.3 is 36.1 Å². The van der Waals surface area contributed by atoms with Gasteiger partial charge in [0.05, 0.1) is 13.7 Å². The van der Waals surface area contributed by atoms with Crippen molar-refractivity contribution in [1.29, 1.82) is 0 Å². The standard InChI is InChI=1S/C41H50Cl3NO19/c1-7-8-18-53-19-29-33(57-24(4)48)35(64-40(51)60-27-12-10-9-11-13-27)36(38(62-29)59-28-16-14-26(52-6)15-17-28)63-37-31(45-39(50)55-21-41(42,43)44)34(58-25(5)49)32(56-23(3)47)30(61-37)20-54-22(2)46/h9-17,29-38H,7-8,18-21H2,1-6H3,(H,45,50)/t29?,30?,31?,32-,33-,34?,35+,36?,37+,38-/m1/s1. The highest BCUT2D eigenvalue weighted by Crippen LogP contribution is 2.36. The van der Waals surface area contributed by atoms with E-state index in [4.69, 9.17) is 96.4 Å². The maximum Gasteiger partial charge on any atom is 0.514 e. The van der Waals surface area contributed by atoms with Crippen molar-refractivity contribution in [1.82, 2.24) is 5.32 Å². The summed E-state index contributed by atoms with van der Waals surface area (Å²) in [6.07, 6.45) is -15.7. The zero-order valence-corrected chi connectivity index (χ0v) is 37.9. The van der Waals surface area contributed by atoms with Crippen molar-refractivity contribution in [2.75, 3.05) is 33.5 Å². The second-order valence-electron chi connectivity index (χ2n) is 14.0. The first-order chi connectivity index (χ1) is 30.4. The molecule has 0 aromatic heterocycles. The van der Waals surface area contributed by atoms with Gasteiger partial charge in [0.2, 0.25) is 10.1 Å². The first-order valence-electron chi connectivity index (χ1n) is 19.8. The van der Waals surface area contributed by atoms with E-state index >= 15 is 0 Å². The van der Waals surface area contributed by atoms with Crippen molar-refractivity contribution < 1.29 is 90.3 Å². The Kier molecular flexibility index (Phi) is 20.3. The lowest BCUT2D eigenvalue weighted by Gasteiger charge is -2.49. The van der Waals surface area contributed by atoms with Gasteiger partial charge in [-0.3, -0.25) is 19.2 Å². The average molecular weight is 967 g/mol. The monoisotopic (exact) mass is 965 g/mol. The summed E-state index contributed by atoms with van der Waals surface area (Å²) in [6, 6.07) is 12.3. The number of amides is 1. The third-order valence-electron chi connectivity index (χ3n) is 8.95. The largest absolute Gasteiger partial charge is 0.514 e. The molecule has 2 aliphatic rings. The molecule has 10 atom stereocenters. The number of ether oxygens (including phenoxy) is 13. The Morgan fingerprint density at radius 3 is 1.81 bits per heavy atom. The van der Waals surface area contributed by atoms with E-state index in [1.807, 2.05) is 6.92 Å². The summed E-state index contributed by atoms with van der Waals surface area (Å²) in [5, 5.41) is 2.44. The van der Waals surface area contributed by atoms with Crippen LogP contribution < -0.4 is 19.5 Å². The SMILES string of the molecule is CCCCOCC1O[C@@H](Oc2ccc(OC)cc2)C(O[C@@H]2OC(COC(C)=O)[C@@H](OC(C)=O)C(OC(C)=O)C2NC(=O)OCC(Cl)(Cl)Cl)[C@@H](OC(=O)Oc2ccccc2)[C@@H]1OC(C)=O. The Bertz CT molecular complexity index is 1850. The van der Waals surface area contributed by atoms with Crippen molar-refractivity contribution in [3.63, 3.8) is 0 Å². The van der Waals surface area contributed by atoms with Gasteiger partial charge in [-0.05, 0) is 42.8 Å². The Labute approximate surface area is 383 Å². The minimum Gasteiger partial charge on any atom is -0.497 e. The molecular weight excluding hydrogens is 917 g/mol. The smallest absolute Gasteiger partial charge is 0.497 e. The fraction of sp³-hybridized carbons (Fsp3) is 0.561. The van der Waals surface area contributed by atoms with Gasteiger partial charge in [-0.15, -0.1) is 0 Å². The third-order valence-corrected chi connectivity index (χ3v) is 9.28. The molecule has 0 radical (unpaired) electrons. The van der Waals surface area contributed by atoms with Gasteiger partial charge in [-0.25, -0.2) is 9.59 Å². The first-order valence-corrected chi connectivity index (χ1v) is 20.9. The van der Waals surface area contributed by atoms with Crippen LogP contribution in [0.1, 0.15) is 47.5 Å². The molecule has 1 amide bonds. The van der Waals surface area contributed by atoms with E-state index in [2.05, 4.69) is 5.32 Å². The number of unbranched alkanes of at least 4 members (excludes halogenated alkanes) is 1. The molecule has 2 aromatic rings. The topological polar surface area (TPSA) is 234 Å². The van der Waals surface area contributed by atoms with Crippen LogP contribution >= 0.6 is 34.8 Å². The predicted molar refractivity (Wildman–Crippen MR) is 221 cm³/mol. The normalized spacial score (nSPS) is 25.4. The van der Waals surface area contributed by atoms with Crippen molar-refractivity contribution in [3.05, 3.63) is 54.6 Å². The number of carbonyl (C=O) groups excluding carboxylic acids is 6. The van der Waals surface area contributed by atoms with Crippen molar-refractivity contribution in [3.8, 4) is 17.2 Å². The van der Waals surface area contributed by atoms with E-state index in [1.54, 1.807) is 30.3 Å². The molecule has 2 fully saturated rings. The number of carbonyl (C=O) groups is 6. The number of nitrogens with one attached hydrogen (secondary N) is 1. The second-order valence-corrected chi connectivity index (χ2v) is 16.6. The number of benzene rings is 2. The maximum absolute atomic E-state index is 13.7. The lowest BCUT2D eigenvalue weighted by molar-refractivity contribution is -0.345. The number of hydrogen-bond acceptors (Lipinski definition) is 19. The quantitative estimate of drug-likeness (QED) is 0.0631. The predicted octanol–water partition coefficient (Wildman–Crippen LogP) is 5.13. The number of methoxy groups -OCH3 is 1. The van der Waals surface area contributed by atoms with Crippen LogP contribution in [0.3, 0.4) is 0 Å². The summed E-state index contributed by atoms with van der Waals surface area (Å²) < 4.78 is 73.5. The van der Waals surface area contributed by atoms with Gasteiger partial charge < -0.3 is 66.9 Å². The van der Waals surface area contributed by atoms with Crippen LogP contribution in [-0.4, -0.2) is 135 Å². The molecule has 23 heteroatoms. The molecule has 354 valence electrons. The van der Waals surface area contributed by atoms with E-state index in [0.717, 1.165) is 34.1 Å². The molecule has 64 heavy (non-hydrogen) atoms. The van der Waals surface area contributed by atoms with Crippen LogP contribution in [0.4, 0.5) is 9.59 Å². The highest BCUT2D eigenvalue weighted by Gasteiger charge is 2.57. The number of alkyl carbamates (subject to hydrolysis) is 1. The molecule has 4 rings (SSSR count). The zero-order valence-electron chi connectivity index (χ0n) is 35.6. The number of hydrogen-bond donors (Lipinski definition) is 1. The molecule has 1 N–H and O–H groups in total. The Hall–Kier alpha value is -4.83. The molecule has 2 saturated heterocycles. The Morgan fingerprint density at radius 1 is 0.656 bits per heavy atom.